The molecule has 35 heavy (non-hydrogen) atoms. The lowest BCUT2D eigenvalue weighted by Gasteiger charge is -2.22. The maximum Gasteiger partial charge on any atom is 0.265 e. The summed E-state index contributed by atoms with van der Waals surface area (Å²) in [6.45, 7) is 4.58. The van der Waals surface area contributed by atoms with Crippen molar-refractivity contribution >= 4 is 44.5 Å². The first-order valence-corrected chi connectivity index (χ1v) is 12.0. The van der Waals surface area contributed by atoms with Crippen LogP contribution in [0.25, 0.3) is 10.1 Å². The van der Waals surface area contributed by atoms with Gasteiger partial charge in [-0.05, 0) is 55.6 Å². The molecule has 0 radical (unpaired) electrons. The van der Waals surface area contributed by atoms with E-state index in [1.54, 1.807) is 21.8 Å². The summed E-state index contributed by atoms with van der Waals surface area (Å²) in [7, 11) is 3.76. The standard InChI is InChI=1S/C26H25FN6OS/c1-15-5-8-23-18(9-15)12-24(35-23)26(34)29-22-11-17(6-7-20(22)27)21-13-19(14-32(3)30-21)28-25-10-16(2)33(4)31-25/h5-13H,14H2,1-4H3,(H,28,31)(H,29,34). The van der Waals surface area contributed by atoms with Gasteiger partial charge in [0.2, 0.25) is 0 Å². The van der Waals surface area contributed by atoms with Crippen molar-refractivity contribution in [2.75, 3.05) is 24.2 Å². The molecule has 1 aliphatic rings. The zero-order valence-corrected chi connectivity index (χ0v) is 20.7. The molecule has 0 bridgehead atoms. The van der Waals surface area contributed by atoms with E-state index in [-0.39, 0.29) is 11.6 Å². The molecular formula is C26H25FN6OS. The minimum absolute atomic E-state index is 0.111. The molecule has 0 saturated carbocycles. The summed E-state index contributed by atoms with van der Waals surface area (Å²) in [6.07, 6.45) is 1.91. The average Bonchev–Trinajstić information content (AvgIpc) is 3.36. The summed E-state index contributed by atoms with van der Waals surface area (Å²) in [4.78, 5) is 13.4. The third-order valence-corrected chi connectivity index (χ3v) is 6.91. The van der Waals surface area contributed by atoms with Crippen molar-refractivity contribution in [1.29, 1.82) is 0 Å². The minimum atomic E-state index is -0.505. The van der Waals surface area contributed by atoms with Gasteiger partial charge in [0.1, 0.15) is 5.82 Å². The summed E-state index contributed by atoms with van der Waals surface area (Å²) in [6, 6.07) is 14.5. The number of carbonyl (C=O) groups excluding carboxylic acids is 1. The molecule has 0 spiro atoms. The number of halogens is 1. The number of hydrogen-bond donors (Lipinski definition) is 2. The fourth-order valence-corrected chi connectivity index (χ4v) is 4.89. The van der Waals surface area contributed by atoms with Gasteiger partial charge in [-0.15, -0.1) is 11.3 Å². The second-order valence-electron chi connectivity index (χ2n) is 8.69. The number of carbonyl (C=O) groups is 1. The Morgan fingerprint density at radius 1 is 1.09 bits per heavy atom. The minimum Gasteiger partial charge on any atom is -0.341 e. The van der Waals surface area contributed by atoms with Gasteiger partial charge in [-0.2, -0.15) is 10.2 Å². The van der Waals surface area contributed by atoms with Gasteiger partial charge in [0.15, 0.2) is 5.82 Å². The molecule has 0 aliphatic carbocycles. The smallest absolute Gasteiger partial charge is 0.265 e. The Kier molecular flexibility index (Phi) is 5.86. The number of fused-ring (bicyclic) bond motifs is 1. The highest BCUT2D eigenvalue weighted by Crippen LogP contribution is 2.28. The van der Waals surface area contributed by atoms with Gasteiger partial charge in [0, 0.05) is 41.8 Å². The highest BCUT2D eigenvalue weighted by Gasteiger charge is 2.17. The van der Waals surface area contributed by atoms with Gasteiger partial charge in [-0.25, -0.2) is 4.39 Å². The summed E-state index contributed by atoms with van der Waals surface area (Å²) in [5.41, 5.74) is 4.53. The van der Waals surface area contributed by atoms with Gasteiger partial charge in [-0.3, -0.25) is 14.5 Å². The Labute approximate surface area is 206 Å². The number of anilines is 2. The van der Waals surface area contributed by atoms with E-state index < -0.39 is 5.82 Å². The quantitative estimate of drug-likeness (QED) is 0.400. The van der Waals surface area contributed by atoms with Crippen molar-refractivity contribution in [2.45, 2.75) is 13.8 Å². The van der Waals surface area contributed by atoms with Crippen molar-refractivity contribution in [3.8, 4) is 0 Å². The lowest BCUT2D eigenvalue weighted by atomic mass is 10.1. The lowest BCUT2D eigenvalue weighted by Crippen LogP contribution is -2.26. The number of nitrogens with one attached hydrogen (secondary N) is 2. The van der Waals surface area contributed by atoms with E-state index in [0.717, 1.165) is 32.9 Å². The molecule has 0 saturated heterocycles. The van der Waals surface area contributed by atoms with E-state index in [4.69, 9.17) is 0 Å². The van der Waals surface area contributed by atoms with Gasteiger partial charge in [0.25, 0.3) is 5.91 Å². The predicted molar refractivity (Wildman–Crippen MR) is 140 cm³/mol. The molecule has 3 heterocycles. The van der Waals surface area contributed by atoms with Crippen LogP contribution in [0, 0.1) is 19.7 Å². The van der Waals surface area contributed by atoms with Gasteiger partial charge in [0.05, 0.1) is 22.8 Å². The Morgan fingerprint density at radius 3 is 2.69 bits per heavy atom. The Hall–Kier alpha value is -3.98. The lowest BCUT2D eigenvalue weighted by molar-refractivity contribution is 0.103. The molecule has 178 valence electrons. The fraction of sp³-hybridized carbons (Fsp3) is 0.192. The van der Waals surface area contributed by atoms with Crippen LogP contribution < -0.4 is 10.6 Å². The summed E-state index contributed by atoms with van der Waals surface area (Å²) in [5.74, 6) is -0.0994. The van der Waals surface area contributed by atoms with Crippen LogP contribution in [0.2, 0.25) is 0 Å². The molecule has 9 heteroatoms. The molecule has 2 aromatic carbocycles. The van der Waals surface area contributed by atoms with Crippen molar-refractivity contribution in [2.24, 2.45) is 12.1 Å². The highest BCUT2D eigenvalue weighted by atomic mass is 32.1. The molecule has 4 aromatic rings. The number of amides is 1. The monoisotopic (exact) mass is 488 g/mol. The first-order valence-electron chi connectivity index (χ1n) is 11.1. The topological polar surface area (TPSA) is 74.6 Å². The third kappa shape index (κ3) is 4.81. The SMILES string of the molecule is Cc1ccc2sc(C(=O)Nc3cc(C4=NN(C)CC(Nc5cc(C)n(C)n5)=C4)ccc3F)cc2c1. The number of hydrazone groups is 1. The molecule has 2 N–H and O–H groups in total. The van der Waals surface area contributed by atoms with Crippen molar-refractivity contribution in [1.82, 2.24) is 14.8 Å². The van der Waals surface area contributed by atoms with Crippen LogP contribution in [-0.4, -0.2) is 40.0 Å². The number of aryl methyl sites for hydroxylation is 3. The van der Waals surface area contributed by atoms with Crippen LogP contribution in [0.1, 0.15) is 26.5 Å². The first-order chi connectivity index (χ1) is 16.7. The zero-order valence-electron chi connectivity index (χ0n) is 19.9. The Bertz CT molecular complexity index is 1500. The molecular weight excluding hydrogens is 463 g/mol. The average molecular weight is 489 g/mol. The molecule has 2 aromatic heterocycles. The Balaban J connectivity index is 1.39. The van der Waals surface area contributed by atoms with Gasteiger partial charge < -0.3 is 10.6 Å². The maximum absolute atomic E-state index is 14.7. The number of benzene rings is 2. The highest BCUT2D eigenvalue weighted by molar-refractivity contribution is 7.20. The van der Waals surface area contributed by atoms with Crippen LogP contribution >= 0.6 is 11.3 Å². The number of hydrogen-bond acceptors (Lipinski definition) is 6. The number of rotatable bonds is 5. The van der Waals surface area contributed by atoms with Crippen molar-refractivity contribution in [3.63, 3.8) is 0 Å². The number of thiophene rings is 1. The molecule has 0 unspecified atom stereocenters. The van der Waals surface area contributed by atoms with Crippen molar-refractivity contribution < 1.29 is 9.18 Å². The van der Waals surface area contributed by atoms with Crippen LogP contribution in [-0.2, 0) is 7.05 Å². The molecule has 5 rings (SSSR count). The second-order valence-corrected chi connectivity index (χ2v) is 9.77. The van der Waals surface area contributed by atoms with Gasteiger partial charge >= 0.3 is 0 Å². The summed E-state index contributed by atoms with van der Waals surface area (Å²) >= 11 is 1.39. The maximum atomic E-state index is 14.7. The molecule has 1 aliphatic heterocycles. The van der Waals surface area contributed by atoms with E-state index in [2.05, 4.69) is 20.8 Å². The summed E-state index contributed by atoms with van der Waals surface area (Å²) in [5, 5.41) is 17.9. The molecule has 7 nitrogen and oxygen atoms in total. The van der Waals surface area contributed by atoms with E-state index in [1.165, 1.54) is 17.4 Å². The molecule has 0 atom stereocenters. The molecule has 1 amide bonds. The largest absolute Gasteiger partial charge is 0.341 e. The fourth-order valence-electron chi connectivity index (χ4n) is 3.95. The van der Waals surface area contributed by atoms with Crippen LogP contribution in [0.3, 0.4) is 0 Å². The van der Waals surface area contributed by atoms with Crippen molar-refractivity contribution in [3.05, 3.63) is 87.8 Å². The molecule has 0 fully saturated rings. The number of likely N-dealkylation sites (N-methyl/N-ethyl adjacent to an activating group) is 1. The van der Waals surface area contributed by atoms with E-state index >= 15 is 0 Å². The third-order valence-electron chi connectivity index (χ3n) is 5.80. The predicted octanol–water partition coefficient (Wildman–Crippen LogP) is 5.29. The van der Waals surface area contributed by atoms with Gasteiger partial charge in [-0.1, -0.05) is 17.7 Å². The van der Waals surface area contributed by atoms with Crippen LogP contribution in [0.5, 0.6) is 0 Å². The summed E-state index contributed by atoms with van der Waals surface area (Å²) < 4.78 is 17.5. The van der Waals surface area contributed by atoms with Crippen LogP contribution in [0.15, 0.2) is 65.4 Å². The van der Waals surface area contributed by atoms with E-state index in [0.29, 0.717) is 22.7 Å². The zero-order chi connectivity index (χ0) is 24.7. The number of allylic oxidation sites excluding steroid dienone is 1. The number of nitrogens with zero attached hydrogens (tertiary/aromatic N) is 4. The Morgan fingerprint density at radius 2 is 1.91 bits per heavy atom. The number of aromatic nitrogens is 2. The van der Waals surface area contributed by atoms with E-state index in [1.807, 2.05) is 64.4 Å². The normalized spacial score (nSPS) is 13.6. The second kappa shape index (κ2) is 8.99. The van der Waals surface area contributed by atoms with E-state index in [9.17, 15) is 9.18 Å². The first kappa shape index (κ1) is 22.8. The van der Waals surface area contributed by atoms with Crippen LogP contribution in [0.4, 0.5) is 15.9 Å².